The van der Waals surface area contributed by atoms with E-state index in [1.54, 1.807) is 0 Å². The third-order valence-electron chi connectivity index (χ3n) is 5.23. The van der Waals surface area contributed by atoms with Crippen molar-refractivity contribution in [2.75, 3.05) is 6.61 Å². The molecule has 0 aliphatic rings. The second kappa shape index (κ2) is 10.1. The summed E-state index contributed by atoms with van der Waals surface area (Å²) in [4.78, 5) is 4.86. The van der Waals surface area contributed by atoms with E-state index in [2.05, 4.69) is 72.0 Å². The van der Waals surface area contributed by atoms with Gasteiger partial charge in [0.25, 0.3) is 0 Å². The van der Waals surface area contributed by atoms with E-state index in [-0.39, 0.29) is 5.54 Å². The van der Waals surface area contributed by atoms with Crippen LogP contribution in [0.25, 0.3) is 0 Å². The molecule has 0 aliphatic carbocycles. The summed E-state index contributed by atoms with van der Waals surface area (Å²) < 4.78 is 5.97. The molecule has 1 unspecified atom stereocenters. The fraction of sp³-hybridized carbons (Fsp3) is 0.667. The Morgan fingerprint density at radius 3 is 2.12 bits per heavy atom. The van der Waals surface area contributed by atoms with E-state index in [1.807, 2.05) is 6.07 Å². The van der Waals surface area contributed by atoms with Gasteiger partial charge < -0.3 is 4.74 Å². The van der Waals surface area contributed by atoms with Crippen molar-refractivity contribution < 1.29 is 4.74 Å². The maximum atomic E-state index is 5.97. The lowest BCUT2D eigenvalue weighted by Gasteiger charge is -2.35. The van der Waals surface area contributed by atoms with Crippen LogP contribution in [-0.2, 0) is 11.3 Å². The Kier molecular flexibility index (Phi) is 8.93. The van der Waals surface area contributed by atoms with E-state index in [1.165, 1.54) is 23.7 Å². The predicted octanol–water partition coefficient (Wildman–Crippen LogP) is 6.34. The predicted molar refractivity (Wildman–Crippen MR) is 110 cm³/mol. The molecule has 0 saturated carbocycles. The molecule has 24 heavy (non-hydrogen) atoms. The maximum Gasteiger partial charge on any atom is 0.0716 e. The molecular weight excluding hydrogens is 310 g/mol. The number of rotatable bonds is 10. The molecule has 0 bridgehead atoms. The van der Waals surface area contributed by atoms with Crippen molar-refractivity contribution >= 4 is 14.3 Å². The monoisotopic (exact) mass is 347 g/mol. The smallest absolute Gasteiger partial charge is 0.0716 e. The molecule has 0 saturated heterocycles. The van der Waals surface area contributed by atoms with E-state index in [9.17, 15) is 0 Å². The molecule has 1 atom stereocenters. The average Bonchev–Trinajstić information content (AvgIpc) is 2.57. The van der Waals surface area contributed by atoms with E-state index in [4.69, 9.17) is 9.73 Å². The van der Waals surface area contributed by atoms with Crippen LogP contribution in [0.5, 0.6) is 0 Å². The topological polar surface area (TPSA) is 21.6 Å². The third kappa shape index (κ3) is 6.90. The lowest BCUT2D eigenvalue weighted by Crippen LogP contribution is -2.39. The van der Waals surface area contributed by atoms with Crippen LogP contribution in [0.2, 0.25) is 23.7 Å². The van der Waals surface area contributed by atoms with Crippen LogP contribution in [0.1, 0.15) is 53.5 Å². The molecule has 0 fully saturated rings. The summed E-state index contributed by atoms with van der Waals surface area (Å²) in [5, 5.41) is 0. The first kappa shape index (κ1) is 21.1. The molecule has 0 aromatic heterocycles. The second-order valence-electron chi connectivity index (χ2n) is 7.81. The zero-order chi connectivity index (χ0) is 18.1. The fourth-order valence-electron chi connectivity index (χ4n) is 3.36. The molecule has 1 aromatic rings. The SMILES string of the molecule is CC[Si](CC)(CC)C(C=NC(C)(C)C)CCOCc1ccccc1. The lowest BCUT2D eigenvalue weighted by atomic mass is 10.1. The van der Waals surface area contributed by atoms with Gasteiger partial charge in [-0.3, -0.25) is 4.99 Å². The number of aliphatic imine (C=N–C) groups is 1. The number of hydrogen-bond donors (Lipinski definition) is 0. The van der Waals surface area contributed by atoms with Crippen LogP contribution in [0, 0.1) is 0 Å². The molecule has 0 spiro atoms. The Hall–Kier alpha value is -0.933. The standard InChI is InChI=1S/C21H37NOSi/c1-7-24(8-2,9-3)20(17-22-21(4,5)6)15-16-23-18-19-13-11-10-12-14-19/h10-14,17,20H,7-9,15-16,18H2,1-6H3. The van der Waals surface area contributed by atoms with Gasteiger partial charge in [0.05, 0.1) is 20.2 Å². The van der Waals surface area contributed by atoms with E-state index in [0.29, 0.717) is 12.1 Å². The van der Waals surface area contributed by atoms with Crippen LogP contribution in [-0.4, -0.2) is 26.4 Å². The fourth-order valence-corrected chi connectivity index (χ4v) is 7.56. The molecule has 2 nitrogen and oxygen atoms in total. The van der Waals surface area contributed by atoms with Gasteiger partial charge in [0, 0.05) is 6.61 Å². The quantitative estimate of drug-likeness (QED) is 0.275. The van der Waals surface area contributed by atoms with Crippen molar-refractivity contribution in [3.8, 4) is 0 Å². The summed E-state index contributed by atoms with van der Waals surface area (Å²) in [6, 6.07) is 14.4. The van der Waals surface area contributed by atoms with Crippen molar-refractivity contribution in [3.05, 3.63) is 35.9 Å². The Morgan fingerprint density at radius 2 is 1.62 bits per heavy atom. The van der Waals surface area contributed by atoms with Crippen molar-refractivity contribution in [1.29, 1.82) is 0 Å². The van der Waals surface area contributed by atoms with E-state index < -0.39 is 8.07 Å². The van der Waals surface area contributed by atoms with Crippen LogP contribution in [0.4, 0.5) is 0 Å². The zero-order valence-electron chi connectivity index (χ0n) is 16.6. The van der Waals surface area contributed by atoms with Crippen LogP contribution in [0.15, 0.2) is 35.3 Å². The first-order chi connectivity index (χ1) is 11.4. The van der Waals surface area contributed by atoms with Crippen LogP contribution in [0.3, 0.4) is 0 Å². The van der Waals surface area contributed by atoms with Gasteiger partial charge in [-0.1, -0.05) is 69.2 Å². The number of ether oxygens (including phenoxy) is 1. The summed E-state index contributed by atoms with van der Waals surface area (Å²) in [7, 11) is -1.31. The second-order valence-corrected chi connectivity index (χ2v) is 13.4. The van der Waals surface area contributed by atoms with Gasteiger partial charge in [-0.2, -0.15) is 0 Å². The van der Waals surface area contributed by atoms with Gasteiger partial charge in [-0.15, -0.1) is 0 Å². The summed E-state index contributed by atoms with van der Waals surface area (Å²) in [5.41, 5.74) is 1.88. The molecule has 1 rings (SSSR count). The minimum absolute atomic E-state index is 0.0124. The number of hydrogen-bond acceptors (Lipinski definition) is 2. The summed E-state index contributed by atoms with van der Waals surface area (Å²) >= 11 is 0. The Morgan fingerprint density at radius 1 is 1.04 bits per heavy atom. The van der Waals surface area contributed by atoms with Gasteiger partial charge in [0.15, 0.2) is 0 Å². The zero-order valence-corrected chi connectivity index (χ0v) is 17.6. The number of benzene rings is 1. The van der Waals surface area contributed by atoms with E-state index in [0.717, 1.165) is 13.0 Å². The molecule has 0 aliphatic heterocycles. The van der Waals surface area contributed by atoms with Gasteiger partial charge in [-0.05, 0) is 44.5 Å². The average molecular weight is 348 g/mol. The highest BCUT2D eigenvalue weighted by molar-refractivity contribution is 6.83. The van der Waals surface area contributed by atoms with Crippen molar-refractivity contribution in [2.45, 2.75) is 83.8 Å². The van der Waals surface area contributed by atoms with Gasteiger partial charge in [0.2, 0.25) is 0 Å². The Bertz CT molecular complexity index is 466. The Labute approximate surface area is 150 Å². The molecule has 1 aromatic carbocycles. The highest BCUT2D eigenvalue weighted by atomic mass is 28.3. The normalized spacial score (nSPS) is 14.2. The van der Waals surface area contributed by atoms with Crippen LogP contribution < -0.4 is 0 Å². The molecule has 136 valence electrons. The van der Waals surface area contributed by atoms with E-state index >= 15 is 0 Å². The van der Waals surface area contributed by atoms with Crippen molar-refractivity contribution in [2.24, 2.45) is 4.99 Å². The van der Waals surface area contributed by atoms with Gasteiger partial charge in [-0.25, -0.2) is 0 Å². The molecule has 0 amide bonds. The largest absolute Gasteiger partial charge is 0.377 e. The van der Waals surface area contributed by atoms with Crippen LogP contribution >= 0.6 is 0 Å². The lowest BCUT2D eigenvalue weighted by molar-refractivity contribution is 0.119. The summed E-state index contributed by atoms with van der Waals surface area (Å²) in [6.45, 7) is 15.2. The third-order valence-corrected chi connectivity index (χ3v) is 11.5. The molecular formula is C21H37NOSi. The van der Waals surface area contributed by atoms with Crippen molar-refractivity contribution in [3.63, 3.8) is 0 Å². The molecule has 0 N–H and O–H groups in total. The van der Waals surface area contributed by atoms with Gasteiger partial charge in [0.1, 0.15) is 0 Å². The molecule has 3 heteroatoms. The summed E-state index contributed by atoms with van der Waals surface area (Å²) in [6.07, 6.45) is 3.39. The van der Waals surface area contributed by atoms with Gasteiger partial charge >= 0.3 is 0 Å². The molecule has 0 heterocycles. The highest BCUT2D eigenvalue weighted by Gasteiger charge is 2.35. The Balaban J connectivity index is 2.69. The highest BCUT2D eigenvalue weighted by Crippen LogP contribution is 2.35. The number of nitrogens with zero attached hydrogens (tertiary/aromatic N) is 1. The first-order valence-corrected chi connectivity index (χ1v) is 12.2. The maximum absolute atomic E-state index is 5.97. The summed E-state index contributed by atoms with van der Waals surface area (Å²) in [5.74, 6) is 0. The molecule has 0 radical (unpaired) electrons. The van der Waals surface area contributed by atoms with Crippen molar-refractivity contribution in [1.82, 2.24) is 0 Å². The minimum Gasteiger partial charge on any atom is -0.377 e. The first-order valence-electron chi connectivity index (χ1n) is 9.54. The minimum atomic E-state index is -1.31.